The van der Waals surface area contributed by atoms with Gasteiger partial charge in [0.05, 0.1) is 22.7 Å². The number of nitrogens with zero attached hydrogens (tertiary/aromatic N) is 2. The van der Waals surface area contributed by atoms with Gasteiger partial charge in [-0.1, -0.05) is 18.2 Å². The molecule has 2 aromatic carbocycles. The summed E-state index contributed by atoms with van der Waals surface area (Å²) in [6.07, 6.45) is -0.991. The van der Waals surface area contributed by atoms with Gasteiger partial charge >= 0.3 is 6.18 Å². The lowest BCUT2D eigenvalue weighted by Gasteiger charge is -2.37. The molecule has 3 unspecified atom stereocenters. The number of hydrogen-bond acceptors (Lipinski definition) is 5. The molecule has 1 amide bonds. The lowest BCUT2D eigenvalue weighted by molar-refractivity contribution is -0.137. The van der Waals surface area contributed by atoms with Gasteiger partial charge in [0.1, 0.15) is 12.5 Å². The van der Waals surface area contributed by atoms with Crippen molar-refractivity contribution in [2.45, 2.75) is 75.3 Å². The smallest absolute Gasteiger partial charge is 0.375 e. The third kappa shape index (κ3) is 6.25. The van der Waals surface area contributed by atoms with Crippen molar-refractivity contribution >= 4 is 22.4 Å². The zero-order valence-corrected chi connectivity index (χ0v) is 23.5. The van der Waals surface area contributed by atoms with E-state index in [1.54, 1.807) is 12.3 Å². The first-order valence-corrected chi connectivity index (χ1v) is 14.7. The molecule has 3 N–H and O–H groups in total. The Labute approximate surface area is 240 Å². The number of nitrogen functional groups attached to an aromatic ring is 1. The van der Waals surface area contributed by atoms with E-state index < -0.39 is 29.9 Å². The molecule has 5 rings (SSSR count). The van der Waals surface area contributed by atoms with Crippen molar-refractivity contribution in [1.29, 1.82) is 0 Å². The number of carbonyl (C=O) groups is 1. The van der Waals surface area contributed by atoms with Gasteiger partial charge < -0.3 is 16.0 Å². The van der Waals surface area contributed by atoms with E-state index in [-0.39, 0.29) is 28.9 Å². The van der Waals surface area contributed by atoms with E-state index in [4.69, 9.17) is 5.73 Å². The van der Waals surface area contributed by atoms with Crippen LogP contribution in [0.1, 0.15) is 78.9 Å². The second-order valence-corrected chi connectivity index (χ2v) is 12.1. The molecular formula is C30H33F5N4OS. The van der Waals surface area contributed by atoms with Crippen LogP contribution in [0.3, 0.4) is 0 Å². The first kappa shape index (κ1) is 29.4. The minimum absolute atomic E-state index is 0.0946. The molecule has 3 aromatic rings. The molecule has 5 nitrogen and oxygen atoms in total. The van der Waals surface area contributed by atoms with E-state index in [0.29, 0.717) is 29.6 Å². The van der Waals surface area contributed by atoms with Crippen molar-refractivity contribution in [2.75, 3.05) is 18.8 Å². The highest BCUT2D eigenvalue weighted by molar-refractivity contribution is 7.13. The van der Waals surface area contributed by atoms with Crippen LogP contribution in [-0.2, 0) is 23.1 Å². The summed E-state index contributed by atoms with van der Waals surface area (Å²) in [7, 11) is 0. The predicted molar refractivity (Wildman–Crippen MR) is 149 cm³/mol. The van der Waals surface area contributed by atoms with Crippen LogP contribution >= 0.6 is 11.3 Å². The summed E-state index contributed by atoms with van der Waals surface area (Å²) in [6, 6.07) is 9.11. The molecule has 2 fully saturated rings. The number of aromatic nitrogens is 1. The topological polar surface area (TPSA) is 71.2 Å². The van der Waals surface area contributed by atoms with Gasteiger partial charge in [0.25, 0.3) is 0 Å². The number of likely N-dealkylation sites (tertiary alicyclic amines) is 1. The fourth-order valence-corrected chi connectivity index (χ4v) is 7.02. The molecule has 1 saturated heterocycles. The highest BCUT2D eigenvalue weighted by Crippen LogP contribution is 2.45. The zero-order chi connectivity index (χ0) is 29.4. The van der Waals surface area contributed by atoms with Crippen LogP contribution < -0.4 is 11.1 Å². The van der Waals surface area contributed by atoms with E-state index in [2.05, 4.69) is 15.2 Å². The van der Waals surface area contributed by atoms with Gasteiger partial charge in [0.15, 0.2) is 5.13 Å². The standard InChI is InChI=1S/C30H33F5N4OS/c1-18(22-12-19(16-31)13-23(14-22)30(33,34)35)37-27(40)29(26-17-41-28(36)38-26)9-6-25(15-29)39-10-7-21(8-11-39)20-2-4-24(32)5-3-20/h2-5,12-14,17-18,21,25H,6-11,15-16H2,1H3,(H2,36,38)(H,37,40). The number of halogens is 5. The number of hydrogen-bond donors (Lipinski definition) is 2. The van der Waals surface area contributed by atoms with E-state index >= 15 is 0 Å². The first-order chi connectivity index (χ1) is 19.5. The average Bonchev–Trinajstić information content (AvgIpc) is 3.60. The largest absolute Gasteiger partial charge is 0.416 e. The summed E-state index contributed by atoms with van der Waals surface area (Å²) >= 11 is 1.25. The van der Waals surface area contributed by atoms with Crippen LogP contribution in [0.4, 0.5) is 27.1 Å². The molecule has 0 radical (unpaired) electrons. The number of piperidine rings is 1. The summed E-state index contributed by atoms with van der Waals surface area (Å²) in [6.45, 7) is 2.25. The Bertz CT molecular complexity index is 1370. The number of benzene rings is 2. The maximum atomic E-state index is 14.0. The molecule has 2 aliphatic rings. The number of rotatable bonds is 7. The number of amides is 1. The van der Waals surface area contributed by atoms with E-state index in [1.165, 1.54) is 29.5 Å². The molecule has 2 heterocycles. The first-order valence-electron chi connectivity index (χ1n) is 13.8. The van der Waals surface area contributed by atoms with Crippen LogP contribution in [-0.4, -0.2) is 34.9 Å². The van der Waals surface area contributed by atoms with Gasteiger partial charge in [-0.05, 0) is 99.0 Å². The number of carbonyl (C=O) groups excluding carboxylic acids is 1. The van der Waals surface area contributed by atoms with Crippen molar-refractivity contribution in [1.82, 2.24) is 15.2 Å². The van der Waals surface area contributed by atoms with Gasteiger partial charge in [-0.15, -0.1) is 11.3 Å². The quantitative estimate of drug-likeness (QED) is 0.293. The molecule has 11 heteroatoms. The van der Waals surface area contributed by atoms with E-state index in [1.807, 2.05) is 12.1 Å². The summed E-state index contributed by atoms with van der Waals surface area (Å²) < 4.78 is 67.1. The number of nitrogens with two attached hydrogens (primary N) is 1. The Balaban J connectivity index is 1.32. The molecule has 0 spiro atoms. The summed E-state index contributed by atoms with van der Waals surface area (Å²) in [4.78, 5) is 20.8. The number of alkyl halides is 4. The second-order valence-electron chi connectivity index (χ2n) is 11.2. The molecule has 41 heavy (non-hydrogen) atoms. The minimum Gasteiger partial charge on any atom is -0.375 e. The van der Waals surface area contributed by atoms with Crippen molar-refractivity contribution in [2.24, 2.45) is 0 Å². The van der Waals surface area contributed by atoms with Crippen molar-refractivity contribution in [3.05, 3.63) is 81.6 Å². The third-order valence-corrected chi connectivity index (χ3v) is 9.34. The highest BCUT2D eigenvalue weighted by Gasteiger charge is 2.50. The number of anilines is 1. The Morgan fingerprint density at radius 2 is 1.88 bits per heavy atom. The number of nitrogens with one attached hydrogen (secondary N) is 1. The molecule has 1 aliphatic heterocycles. The number of thiazole rings is 1. The Kier molecular flexibility index (Phi) is 8.39. The molecule has 1 saturated carbocycles. The van der Waals surface area contributed by atoms with Crippen LogP contribution in [0.5, 0.6) is 0 Å². The second kappa shape index (κ2) is 11.7. The van der Waals surface area contributed by atoms with Crippen LogP contribution in [0.2, 0.25) is 0 Å². The van der Waals surface area contributed by atoms with E-state index in [0.717, 1.165) is 50.0 Å². The maximum absolute atomic E-state index is 14.0. The van der Waals surface area contributed by atoms with Crippen molar-refractivity contribution < 1.29 is 26.7 Å². The van der Waals surface area contributed by atoms with Gasteiger partial charge in [0.2, 0.25) is 5.91 Å². The predicted octanol–water partition coefficient (Wildman–Crippen LogP) is 6.90. The summed E-state index contributed by atoms with van der Waals surface area (Å²) in [5.41, 5.74) is 5.81. The normalized spacial score (nSPS) is 23.0. The monoisotopic (exact) mass is 592 g/mol. The van der Waals surface area contributed by atoms with Gasteiger partial charge in [-0.25, -0.2) is 13.8 Å². The highest BCUT2D eigenvalue weighted by atomic mass is 32.1. The lowest BCUT2D eigenvalue weighted by Crippen LogP contribution is -2.46. The van der Waals surface area contributed by atoms with Crippen molar-refractivity contribution in [3.8, 4) is 0 Å². The van der Waals surface area contributed by atoms with Crippen LogP contribution in [0.15, 0.2) is 47.8 Å². The molecule has 0 bridgehead atoms. The summed E-state index contributed by atoms with van der Waals surface area (Å²) in [5, 5.41) is 5.05. The molecule has 220 valence electrons. The van der Waals surface area contributed by atoms with Crippen LogP contribution in [0.25, 0.3) is 0 Å². The minimum atomic E-state index is -4.63. The molecule has 1 aromatic heterocycles. The van der Waals surface area contributed by atoms with Gasteiger partial charge in [-0.3, -0.25) is 4.79 Å². The van der Waals surface area contributed by atoms with Crippen LogP contribution in [0, 0.1) is 5.82 Å². The Hall–Kier alpha value is -3.05. The summed E-state index contributed by atoms with van der Waals surface area (Å²) in [5.74, 6) is -0.222. The average molecular weight is 593 g/mol. The molecule has 1 aliphatic carbocycles. The van der Waals surface area contributed by atoms with Crippen molar-refractivity contribution in [3.63, 3.8) is 0 Å². The molecular weight excluding hydrogens is 559 g/mol. The zero-order valence-electron chi connectivity index (χ0n) is 22.7. The SMILES string of the molecule is CC(NC(=O)C1(c2csc(N)n2)CCC(N2CCC(c3ccc(F)cc3)CC2)C1)c1cc(CF)cc(C(F)(F)F)c1. The van der Waals surface area contributed by atoms with E-state index in [9.17, 15) is 26.7 Å². The fraction of sp³-hybridized carbons (Fsp3) is 0.467. The lowest BCUT2D eigenvalue weighted by atomic mass is 9.81. The molecule has 3 atom stereocenters. The maximum Gasteiger partial charge on any atom is 0.416 e. The Morgan fingerprint density at radius 3 is 2.49 bits per heavy atom. The third-order valence-electron chi connectivity index (χ3n) is 8.67. The fourth-order valence-electron chi connectivity index (χ4n) is 6.35. The van der Waals surface area contributed by atoms with Gasteiger partial charge in [-0.2, -0.15) is 13.2 Å². The van der Waals surface area contributed by atoms with Gasteiger partial charge in [0, 0.05) is 11.4 Å². The Morgan fingerprint density at radius 1 is 1.17 bits per heavy atom.